The number of fused-ring (bicyclic) bond motifs is 2. The van der Waals surface area contributed by atoms with E-state index in [9.17, 15) is 0 Å². The van der Waals surface area contributed by atoms with Gasteiger partial charge in [0.25, 0.3) is 0 Å². The van der Waals surface area contributed by atoms with E-state index >= 15 is 0 Å². The summed E-state index contributed by atoms with van der Waals surface area (Å²) in [5, 5.41) is 0. The summed E-state index contributed by atoms with van der Waals surface area (Å²) in [6.45, 7) is 4.05. The molecule has 1 aliphatic heterocycles. The first-order valence-electron chi connectivity index (χ1n) is 5.30. The third kappa shape index (κ3) is 1.27. The van der Waals surface area contributed by atoms with Crippen molar-refractivity contribution < 1.29 is 9.47 Å². The number of ether oxygens (including phenoxy) is 2. The Morgan fingerprint density at radius 3 is 1.56 bits per heavy atom. The van der Waals surface area contributed by atoms with E-state index in [0.717, 1.165) is 34.1 Å². The third-order valence-electron chi connectivity index (χ3n) is 2.78. The van der Waals surface area contributed by atoms with Crippen molar-refractivity contribution in [2.45, 2.75) is 13.8 Å². The minimum absolute atomic E-state index is 0.781. The van der Waals surface area contributed by atoms with Gasteiger partial charge in [-0.1, -0.05) is 24.3 Å². The maximum absolute atomic E-state index is 5.86. The van der Waals surface area contributed by atoms with Crippen molar-refractivity contribution in [3.8, 4) is 23.0 Å². The van der Waals surface area contributed by atoms with Crippen molar-refractivity contribution in [1.82, 2.24) is 0 Å². The van der Waals surface area contributed by atoms with Crippen molar-refractivity contribution in [2.24, 2.45) is 0 Å². The smallest absolute Gasteiger partial charge is 0.173 e. The first-order chi connectivity index (χ1) is 7.75. The highest BCUT2D eigenvalue weighted by molar-refractivity contribution is 5.59. The lowest BCUT2D eigenvalue weighted by Gasteiger charge is -2.23. The molecule has 16 heavy (non-hydrogen) atoms. The van der Waals surface area contributed by atoms with Crippen LogP contribution in [0.5, 0.6) is 23.0 Å². The van der Waals surface area contributed by atoms with Crippen LogP contribution in [0.25, 0.3) is 0 Å². The standard InChI is InChI=1S/C14H12O2/c1-9-7-8-10(2)14-13(9)15-11-5-3-4-6-12(11)16-14/h3-8H,1-2H3. The maximum atomic E-state index is 5.86. The molecule has 0 aromatic heterocycles. The minimum Gasteiger partial charge on any atom is -0.449 e. The van der Waals surface area contributed by atoms with E-state index in [1.165, 1.54) is 0 Å². The molecule has 2 nitrogen and oxygen atoms in total. The Balaban J connectivity index is 2.19. The summed E-state index contributed by atoms with van der Waals surface area (Å²) in [6, 6.07) is 11.8. The Bertz CT molecular complexity index is 509. The third-order valence-corrected chi connectivity index (χ3v) is 2.78. The number of para-hydroxylation sites is 2. The molecular weight excluding hydrogens is 200 g/mol. The van der Waals surface area contributed by atoms with Crippen LogP contribution in [0.2, 0.25) is 0 Å². The van der Waals surface area contributed by atoms with E-state index in [2.05, 4.69) is 0 Å². The van der Waals surface area contributed by atoms with Crippen LogP contribution in [-0.4, -0.2) is 0 Å². The van der Waals surface area contributed by atoms with Gasteiger partial charge in [0.2, 0.25) is 0 Å². The Kier molecular flexibility index (Phi) is 1.90. The average molecular weight is 212 g/mol. The second kappa shape index (κ2) is 3.27. The Morgan fingerprint density at radius 2 is 1.12 bits per heavy atom. The molecule has 2 aromatic carbocycles. The summed E-state index contributed by atoms with van der Waals surface area (Å²) in [7, 11) is 0. The van der Waals surface area contributed by atoms with Crippen molar-refractivity contribution >= 4 is 0 Å². The predicted octanol–water partition coefficient (Wildman–Crippen LogP) is 4.20. The second-order valence-electron chi connectivity index (χ2n) is 4.01. The van der Waals surface area contributed by atoms with Gasteiger partial charge in [-0.2, -0.15) is 0 Å². The fraction of sp³-hybridized carbons (Fsp3) is 0.143. The van der Waals surface area contributed by atoms with Crippen LogP contribution in [-0.2, 0) is 0 Å². The average Bonchev–Trinajstić information content (AvgIpc) is 2.32. The van der Waals surface area contributed by atoms with Crippen molar-refractivity contribution in [2.75, 3.05) is 0 Å². The molecule has 0 N–H and O–H groups in total. The highest BCUT2D eigenvalue weighted by atomic mass is 16.6. The van der Waals surface area contributed by atoms with E-state index in [1.54, 1.807) is 0 Å². The number of hydrogen-bond donors (Lipinski definition) is 0. The Hall–Kier alpha value is -1.96. The van der Waals surface area contributed by atoms with E-state index in [0.29, 0.717) is 0 Å². The van der Waals surface area contributed by atoms with E-state index < -0.39 is 0 Å². The SMILES string of the molecule is Cc1ccc(C)c2c1Oc1ccccc1O2. The molecule has 0 saturated heterocycles. The number of rotatable bonds is 0. The molecule has 80 valence electrons. The zero-order chi connectivity index (χ0) is 11.1. The molecule has 0 radical (unpaired) electrons. The first-order valence-corrected chi connectivity index (χ1v) is 5.30. The van der Waals surface area contributed by atoms with Crippen LogP contribution >= 0.6 is 0 Å². The molecule has 0 saturated carbocycles. The Labute approximate surface area is 94.4 Å². The lowest BCUT2D eigenvalue weighted by atomic mass is 10.1. The quantitative estimate of drug-likeness (QED) is 0.556. The maximum Gasteiger partial charge on any atom is 0.173 e. The van der Waals surface area contributed by atoms with Crippen molar-refractivity contribution in [3.63, 3.8) is 0 Å². The predicted molar refractivity (Wildman–Crippen MR) is 62.5 cm³/mol. The number of benzene rings is 2. The van der Waals surface area contributed by atoms with E-state index in [-0.39, 0.29) is 0 Å². The minimum atomic E-state index is 0.781. The molecule has 2 aromatic rings. The van der Waals surface area contributed by atoms with Crippen LogP contribution in [0.3, 0.4) is 0 Å². The zero-order valence-electron chi connectivity index (χ0n) is 9.28. The summed E-state index contributed by atoms with van der Waals surface area (Å²) in [5.41, 5.74) is 2.19. The monoisotopic (exact) mass is 212 g/mol. The summed E-state index contributed by atoms with van der Waals surface area (Å²) in [6.07, 6.45) is 0. The largest absolute Gasteiger partial charge is 0.449 e. The van der Waals surface area contributed by atoms with Crippen LogP contribution in [0.1, 0.15) is 11.1 Å². The van der Waals surface area contributed by atoms with Crippen LogP contribution in [0.15, 0.2) is 36.4 Å². The van der Waals surface area contributed by atoms with Crippen LogP contribution in [0.4, 0.5) is 0 Å². The van der Waals surface area contributed by atoms with Gasteiger partial charge in [-0.05, 0) is 37.1 Å². The molecule has 0 bridgehead atoms. The van der Waals surface area contributed by atoms with Crippen LogP contribution < -0.4 is 9.47 Å². The van der Waals surface area contributed by atoms with Gasteiger partial charge < -0.3 is 9.47 Å². The fourth-order valence-electron chi connectivity index (χ4n) is 1.85. The van der Waals surface area contributed by atoms with E-state index in [4.69, 9.17) is 9.47 Å². The fourth-order valence-corrected chi connectivity index (χ4v) is 1.85. The van der Waals surface area contributed by atoms with Crippen molar-refractivity contribution in [1.29, 1.82) is 0 Å². The number of aryl methyl sites for hydroxylation is 2. The summed E-state index contributed by atoms with van der Waals surface area (Å²) in [4.78, 5) is 0. The zero-order valence-corrected chi connectivity index (χ0v) is 9.28. The molecule has 0 aliphatic carbocycles. The van der Waals surface area contributed by atoms with Gasteiger partial charge in [0.05, 0.1) is 0 Å². The van der Waals surface area contributed by atoms with Crippen molar-refractivity contribution in [3.05, 3.63) is 47.5 Å². The van der Waals surface area contributed by atoms with Gasteiger partial charge in [-0.3, -0.25) is 0 Å². The van der Waals surface area contributed by atoms with E-state index in [1.807, 2.05) is 50.2 Å². The van der Waals surface area contributed by atoms with Gasteiger partial charge in [0.15, 0.2) is 23.0 Å². The molecule has 0 fully saturated rings. The molecule has 2 heteroatoms. The molecule has 0 unspecified atom stereocenters. The highest BCUT2D eigenvalue weighted by Crippen LogP contribution is 2.47. The highest BCUT2D eigenvalue weighted by Gasteiger charge is 2.21. The lowest BCUT2D eigenvalue weighted by molar-refractivity contribution is 0.355. The first kappa shape index (κ1) is 9.28. The van der Waals surface area contributed by atoms with Gasteiger partial charge in [0.1, 0.15) is 0 Å². The van der Waals surface area contributed by atoms with Gasteiger partial charge in [0, 0.05) is 0 Å². The summed E-state index contributed by atoms with van der Waals surface area (Å²) < 4.78 is 11.7. The van der Waals surface area contributed by atoms with Gasteiger partial charge in [-0.15, -0.1) is 0 Å². The van der Waals surface area contributed by atoms with Gasteiger partial charge in [-0.25, -0.2) is 0 Å². The molecule has 1 aliphatic rings. The van der Waals surface area contributed by atoms with Crippen LogP contribution in [0, 0.1) is 13.8 Å². The normalized spacial score (nSPS) is 12.1. The number of hydrogen-bond acceptors (Lipinski definition) is 2. The molecule has 1 heterocycles. The molecule has 0 amide bonds. The Morgan fingerprint density at radius 1 is 0.688 bits per heavy atom. The lowest BCUT2D eigenvalue weighted by Crippen LogP contribution is -2.01. The summed E-state index contributed by atoms with van der Waals surface area (Å²) in [5.74, 6) is 3.23. The molecule has 3 rings (SSSR count). The topological polar surface area (TPSA) is 18.5 Å². The molecule has 0 atom stereocenters. The summed E-state index contributed by atoms with van der Waals surface area (Å²) >= 11 is 0. The molecular formula is C14H12O2. The molecule has 0 spiro atoms. The second-order valence-corrected chi connectivity index (χ2v) is 4.01. The van der Waals surface area contributed by atoms with Gasteiger partial charge >= 0.3 is 0 Å².